The maximum absolute atomic E-state index is 12.5. The van der Waals surface area contributed by atoms with Gasteiger partial charge in [-0.2, -0.15) is 13.2 Å². The molecule has 0 aliphatic heterocycles. The first-order chi connectivity index (χ1) is 11.8. The number of anilines is 2. The first-order valence-corrected chi connectivity index (χ1v) is 7.22. The monoisotopic (exact) mass is 352 g/mol. The minimum atomic E-state index is -4.43. The van der Waals surface area contributed by atoms with E-state index in [1.54, 1.807) is 24.3 Å². The average molecular weight is 352 g/mol. The number of para-hydroxylation sites is 2. The summed E-state index contributed by atoms with van der Waals surface area (Å²) in [5, 5.41) is 5.00. The van der Waals surface area contributed by atoms with E-state index in [4.69, 9.17) is 4.74 Å². The van der Waals surface area contributed by atoms with E-state index in [1.807, 2.05) is 0 Å². The van der Waals surface area contributed by atoms with Gasteiger partial charge in [0.15, 0.2) is 6.61 Å². The number of alkyl halides is 3. The van der Waals surface area contributed by atoms with Crippen molar-refractivity contribution in [2.24, 2.45) is 0 Å². The minimum absolute atomic E-state index is 0.219. The Morgan fingerprint density at radius 3 is 2.24 bits per heavy atom. The van der Waals surface area contributed by atoms with Gasteiger partial charge in [0.2, 0.25) is 5.91 Å². The number of nitrogens with one attached hydrogen (secondary N) is 2. The zero-order valence-corrected chi connectivity index (χ0v) is 13.2. The maximum atomic E-state index is 12.5. The van der Waals surface area contributed by atoms with Crippen molar-refractivity contribution >= 4 is 23.2 Å². The summed E-state index contributed by atoms with van der Waals surface area (Å²) in [7, 11) is 0. The molecule has 25 heavy (non-hydrogen) atoms. The quantitative estimate of drug-likeness (QED) is 0.863. The fourth-order valence-corrected chi connectivity index (χ4v) is 1.97. The van der Waals surface area contributed by atoms with Crippen molar-refractivity contribution in [2.75, 3.05) is 17.2 Å². The molecule has 2 aromatic rings. The van der Waals surface area contributed by atoms with Crippen LogP contribution in [0.15, 0.2) is 48.5 Å². The highest BCUT2D eigenvalue weighted by Gasteiger charge is 2.29. The number of carbonyl (C=O) groups excluding carboxylic acids is 2. The fraction of sp³-hybridized carbons (Fsp3) is 0.176. The van der Waals surface area contributed by atoms with Crippen LogP contribution in [0.25, 0.3) is 0 Å². The van der Waals surface area contributed by atoms with E-state index in [1.165, 1.54) is 6.92 Å². The third-order valence-electron chi connectivity index (χ3n) is 3.05. The molecular formula is C17H15F3N2O3. The van der Waals surface area contributed by atoms with Gasteiger partial charge in [0, 0.05) is 12.6 Å². The fourth-order valence-electron chi connectivity index (χ4n) is 1.97. The lowest BCUT2D eigenvalue weighted by Crippen LogP contribution is -2.20. The van der Waals surface area contributed by atoms with E-state index in [-0.39, 0.29) is 18.2 Å². The molecule has 0 heterocycles. The van der Waals surface area contributed by atoms with Gasteiger partial charge in [-0.05, 0) is 36.4 Å². The molecular weight excluding hydrogens is 337 g/mol. The van der Waals surface area contributed by atoms with E-state index in [2.05, 4.69) is 10.6 Å². The van der Waals surface area contributed by atoms with Crippen LogP contribution in [0.3, 0.4) is 0 Å². The second-order valence-electron chi connectivity index (χ2n) is 5.09. The van der Waals surface area contributed by atoms with Crippen LogP contribution in [0.1, 0.15) is 12.5 Å². The summed E-state index contributed by atoms with van der Waals surface area (Å²) in [5.41, 5.74) is -0.167. The molecule has 0 aliphatic rings. The van der Waals surface area contributed by atoms with Crippen LogP contribution in [-0.2, 0) is 15.8 Å². The number of hydrogen-bond acceptors (Lipinski definition) is 3. The minimum Gasteiger partial charge on any atom is -0.482 e. The summed E-state index contributed by atoms with van der Waals surface area (Å²) in [6.45, 7) is 0.978. The number of carbonyl (C=O) groups is 2. The lowest BCUT2D eigenvalue weighted by molar-refractivity contribution is -0.137. The summed E-state index contributed by atoms with van der Waals surface area (Å²) in [5.74, 6) is -0.525. The zero-order valence-electron chi connectivity index (χ0n) is 13.2. The van der Waals surface area contributed by atoms with E-state index < -0.39 is 17.6 Å². The van der Waals surface area contributed by atoms with Crippen LogP contribution in [0.5, 0.6) is 5.75 Å². The molecule has 0 saturated carbocycles. The number of benzene rings is 2. The normalized spacial score (nSPS) is 10.9. The lowest BCUT2D eigenvalue weighted by atomic mass is 10.2. The summed E-state index contributed by atoms with van der Waals surface area (Å²) >= 11 is 0. The van der Waals surface area contributed by atoms with E-state index in [0.29, 0.717) is 11.4 Å². The Morgan fingerprint density at radius 1 is 1.00 bits per heavy atom. The SMILES string of the molecule is CC(=O)Nc1ccccc1OCC(=O)Nc1ccc(C(F)(F)F)cc1. The highest BCUT2D eigenvalue weighted by atomic mass is 19.4. The van der Waals surface area contributed by atoms with Gasteiger partial charge in [-0.3, -0.25) is 9.59 Å². The van der Waals surface area contributed by atoms with Crippen molar-refractivity contribution in [1.29, 1.82) is 0 Å². The molecule has 0 radical (unpaired) electrons. The van der Waals surface area contributed by atoms with Gasteiger partial charge >= 0.3 is 6.18 Å². The second-order valence-corrected chi connectivity index (χ2v) is 5.09. The van der Waals surface area contributed by atoms with Crippen molar-refractivity contribution in [1.82, 2.24) is 0 Å². The van der Waals surface area contributed by atoms with Crippen molar-refractivity contribution in [3.63, 3.8) is 0 Å². The molecule has 5 nitrogen and oxygen atoms in total. The largest absolute Gasteiger partial charge is 0.482 e. The van der Waals surface area contributed by atoms with Crippen molar-refractivity contribution in [3.05, 3.63) is 54.1 Å². The van der Waals surface area contributed by atoms with Gasteiger partial charge in [-0.25, -0.2) is 0 Å². The van der Waals surface area contributed by atoms with Gasteiger partial charge in [-0.1, -0.05) is 12.1 Å². The summed E-state index contributed by atoms with van der Waals surface area (Å²) in [6.07, 6.45) is -4.43. The molecule has 0 spiro atoms. The highest BCUT2D eigenvalue weighted by Crippen LogP contribution is 2.29. The molecule has 2 N–H and O–H groups in total. The van der Waals surface area contributed by atoms with Gasteiger partial charge in [0.25, 0.3) is 5.91 Å². The topological polar surface area (TPSA) is 67.4 Å². The Hall–Kier alpha value is -3.03. The van der Waals surface area contributed by atoms with Gasteiger partial charge in [0.05, 0.1) is 11.3 Å². The molecule has 8 heteroatoms. The van der Waals surface area contributed by atoms with Crippen LogP contribution in [-0.4, -0.2) is 18.4 Å². The predicted molar refractivity (Wildman–Crippen MR) is 86.3 cm³/mol. The summed E-state index contributed by atoms with van der Waals surface area (Å²) in [4.78, 5) is 23.0. The van der Waals surface area contributed by atoms with Crippen LogP contribution in [0, 0.1) is 0 Å². The Morgan fingerprint density at radius 2 is 1.64 bits per heavy atom. The Labute approximate surface area is 141 Å². The van der Waals surface area contributed by atoms with Gasteiger partial charge < -0.3 is 15.4 Å². The molecule has 0 saturated heterocycles. The zero-order chi connectivity index (χ0) is 18.4. The van der Waals surface area contributed by atoms with Crippen LogP contribution < -0.4 is 15.4 Å². The van der Waals surface area contributed by atoms with Gasteiger partial charge in [-0.15, -0.1) is 0 Å². The number of halogens is 3. The number of rotatable bonds is 5. The molecule has 2 aromatic carbocycles. The highest BCUT2D eigenvalue weighted by molar-refractivity contribution is 5.92. The standard InChI is InChI=1S/C17H15F3N2O3/c1-11(23)21-14-4-2-3-5-15(14)25-10-16(24)22-13-8-6-12(7-9-13)17(18,19)20/h2-9H,10H2,1H3,(H,21,23)(H,22,24). The van der Waals surface area contributed by atoms with Gasteiger partial charge in [0.1, 0.15) is 5.75 Å². The summed E-state index contributed by atoms with van der Waals surface area (Å²) in [6, 6.07) is 10.6. The Kier molecular flexibility index (Phi) is 5.63. The lowest BCUT2D eigenvalue weighted by Gasteiger charge is -2.12. The second kappa shape index (κ2) is 7.69. The smallest absolute Gasteiger partial charge is 0.416 e. The molecule has 132 valence electrons. The molecule has 2 rings (SSSR count). The first kappa shape index (κ1) is 18.3. The Balaban J connectivity index is 1.94. The summed E-state index contributed by atoms with van der Waals surface area (Å²) < 4.78 is 42.8. The molecule has 0 aromatic heterocycles. The Bertz CT molecular complexity index is 758. The number of hydrogen-bond donors (Lipinski definition) is 2. The van der Waals surface area contributed by atoms with E-state index in [0.717, 1.165) is 24.3 Å². The first-order valence-electron chi connectivity index (χ1n) is 7.22. The maximum Gasteiger partial charge on any atom is 0.416 e. The molecule has 0 aliphatic carbocycles. The number of amides is 2. The predicted octanol–water partition coefficient (Wildman–Crippen LogP) is 3.68. The van der Waals surface area contributed by atoms with Crippen LogP contribution in [0.4, 0.5) is 24.5 Å². The molecule has 0 atom stereocenters. The van der Waals surface area contributed by atoms with Crippen molar-refractivity contribution < 1.29 is 27.5 Å². The van der Waals surface area contributed by atoms with Crippen LogP contribution in [0.2, 0.25) is 0 Å². The number of ether oxygens (including phenoxy) is 1. The van der Waals surface area contributed by atoms with E-state index >= 15 is 0 Å². The average Bonchev–Trinajstić information content (AvgIpc) is 2.53. The van der Waals surface area contributed by atoms with Crippen molar-refractivity contribution in [2.45, 2.75) is 13.1 Å². The third kappa shape index (κ3) is 5.52. The molecule has 2 amide bonds. The molecule has 0 unspecified atom stereocenters. The van der Waals surface area contributed by atoms with Crippen molar-refractivity contribution in [3.8, 4) is 5.75 Å². The van der Waals surface area contributed by atoms with Crippen LogP contribution >= 0.6 is 0 Å². The van der Waals surface area contributed by atoms with E-state index in [9.17, 15) is 22.8 Å². The molecule has 0 fully saturated rings. The third-order valence-corrected chi connectivity index (χ3v) is 3.05. The molecule has 0 bridgehead atoms.